The molecule has 7 aromatic rings. The lowest BCUT2D eigenvalue weighted by molar-refractivity contribution is 0.670. The van der Waals surface area contributed by atoms with Crippen LogP contribution in [-0.2, 0) is 0 Å². The number of aliphatic imine (C=N–C) groups is 1. The molecule has 7 rings (SSSR count). The topological polar surface area (TPSA) is 49.4 Å². The fraction of sp³-hybridized carbons (Fsp3) is 0.0256. The van der Waals surface area contributed by atoms with Gasteiger partial charge < -0.3 is 9.83 Å². The Morgan fingerprint density at radius 2 is 1.31 bits per heavy atom. The highest BCUT2D eigenvalue weighted by atomic mass is 16.3. The number of fused-ring (bicyclic) bond motifs is 4. The summed E-state index contributed by atoms with van der Waals surface area (Å²) in [6.45, 7) is 2.01. The molecule has 0 radical (unpaired) electrons. The maximum atomic E-state index is 9.00. The largest absolute Gasteiger partial charge is 0.455 e. The van der Waals surface area contributed by atoms with Crippen LogP contribution in [0.4, 0.5) is 0 Å². The first kappa shape index (κ1) is 25.4. The van der Waals surface area contributed by atoms with Crippen molar-refractivity contribution in [2.24, 2.45) is 4.99 Å². The van der Waals surface area contributed by atoms with Gasteiger partial charge in [-0.2, -0.15) is 0 Å². The number of para-hydroxylation sites is 2. The Morgan fingerprint density at radius 3 is 2.14 bits per heavy atom. The van der Waals surface area contributed by atoms with Gasteiger partial charge >= 0.3 is 0 Å². The third kappa shape index (κ3) is 4.82. The predicted octanol–water partition coefficient (Wildman–Crippen LogP) is 10.3. The lowest BCUT2D eigenvalue weighted by Crippen LogP contribution is -1.99. The van der Waals surface area contributed by atoms with Crippen molar-refractivity contribution in [2.45, 2.75) is 6.92 Å². The molecule has 0 bridgehead atoms. The molecule has 0 atom stereocenters. The summed E-state index contributed by atoms with van der Waals surface area (Å²) in [4.78, 5) is 5.04. The monoisotopic (exact) mass is 540 g/mol. The molecule has 0 saturated heterocycles. The van der Waals surface area contributed by atoms with Crippen LogP contribution < -0.4 is 0 Å². The van der Waals surface area contributed by atoms with Crippen LogP contribution in [0.1, 0.15) is 23.6 Å². The Labute approximate surface area is 244 Å². The molecule has 0 spiro atoms. The van der Waals surface area contributed by atoms with E-state index in [1.165, 1.54) is 0 Å². The molecule has 0 aliphatic rings. The summed E-state index contributed by atoms with van der Waals surface area (Å²) < 4.78 is 6.29. The number of hydrogen-bond donors (Lipinski definition) is 1. The Balaban J connectivity index is 1.30. The zero-order valence-electron chi connectivity index (χ0n) is 23.2. The maximum absolute atomic E-state index is 9.00. The number of benzene rings is 6. The van der Waals surface area contributed by atoms with Crippen LogP contribution in [0.5, 0.6) is 0 Å². The van der Waals surface area contributed by atoms with Gasteiger partial charge in [0.05, 0.1) is 11.4 Å². The lowest BCUT2D eigenvalue weighted by atomic mass is 9.99. The van der Waals surface area contributed by atoms with Gasteiger partial charge in [-0.25, -0.2) is 0 Å². The van der Waals surface area contributed by atoms with Gasteiger partial charge in [0, 0.05) is 33.2 Å². The Bertz CT molecular complexity index is 2150. The van der Waals surface area contributed by atoms with Crippen LogP contribution >= 0.6 is 0 Å². The Hall–Kier alpha value is -5.54. The maximum Gasteiger partial charge on any atom is 0.143 e. The molecular formula is C39H28N2O. The lowest BCUT2D eigenvalue weighted by Gasteiger charge is -2.09. The van der Waals surface area contributed by atoms with E-state index in [0.717, 1.165) is 71.9 Å². The van der Waals surface area contributed by atoms with Crippen molar-refractivity contribution in [3.05, 3.63) is 162 Å². The van der Waals surface area contributed by atoms with Gasteiger partial charge in [0.1, 0.15) is 11.2 Å². The van der Waals surface area contributed by atoms with Crippen LogP contribution in [0.25, 0.3) is 49.5 Å². The minimum Gasteiger partial charge on any atom is -0.455 e. The zero-order chi connectivity index (χ0) is 28.5. The van der Waals surface area contributed by atoms with E-state index in [9.17, 15) is 0 Å². The standard InChI is InChI=1S/C39H28N2O/c1-26(27-10-3-2-4-11-27)41-37(25-36(40)32-23-18-28-12-5-6-13-31(28)24-32)30-21-19-29(20-22-30)33-15-9-16-35-34-14-7-8-17-38(34)42-39(33)35/h2-25,40H,1H3/b37-25-,40-36?,41-26?. The molecule has 1 heterocycles. The van der Waals surface area contributed by atoms with Crippen LogP contribution in [0, 0.1) is 5.41 Å². The third-order valence-corrected chi connectivity index (χ3v) is 7.72. The quantitative estimate of drug-likeness (QED) is 0.210. The van der Waals surface area contributed by atoms with E-state index in [4.69, 9.17) is 14.8 Å². The van der Waals surface area contributed by atoms with E-state index in [0.29, 0.717) is 5.71 Å². The molecule has 3 heteroatoms. The molecule has 200 valence electrons. The first-order valence-corrected chi connectivity index (χ1v) is 14.1. The van der Waals surface area contributed by atoms with Crippen molar-refractivity contribution < 1.29 is 4.42 Å². The van der Waals surface area contributed by atoms with E-state index in [2.05, 4.69) is 84.9 Å². The summed E-state index contributed by atoms with van der Waals surface area (Å²) in [6.07, 6.45) is 1.87. The van der Waals surface area contributed by atoms with E-state index in [1.807, 2.05) is 67.6 Å². The fourth-order valence-corrected chi connectivity index (χ4v) is 5.48. The number of nitrogens with zero attached hydrogens (tertiary/aromatic N) is 1. The minimum absolute atomic E-state index is 0.413. The van der Waals surface area contributed by atoms with Gasteiger partial charge in [-0.3, -0.25) is 4.99 Å². The second-order valence-corrected chi connectivity index (χ2v) is 10.4. The van der Waals surface area contributed by atoms with Crippen LogP contribution in [0.3, 0.4) is 0 Å². The molecule has 0 aliphatic carbocycles. The van der Waals surface area contributed by atoms with Gasteiger partial charge in [0.2, 0.25) is 0 Å². The van der Waals surface area contributed by atoms with Gasteiger partial charge in [-0.05, 0) is 47.0 Å². The SMILES string of the molecule is CC(=N/C(=C\C(=N)c1ccc2ccccc2c1)c1ccc(-c2cccc3c2oc2ccccc23)cc1)c1ccccc1. The van der Waals surface area contributed by atoms with Crippen LogP contribution in [0.2, 0.25) is 0 Å². The number of rotatable bonds is 6. The van der Waals surface area contributed by atoms with E-state index in [-0.39, 0.29) is 0 Å². The average Bonchev–Trinajstić information content (AvgIpc) is 3.44. The fourth-order valence-electron chi connectivity index (χ4n) is 5.48. The molecule has 0 fully saturated rings. The number of hydrogen-bond acceptors (Lipinski definition) is 3. The van der Waals surface area contributed by atoms with Gasteiger partial charge in [0.15, 0.2) is 0 Å². The predicted molar refractivity (Wildman–Crippen MR) is 177 cm³/mol. The average molecular weight is 541 g/mol. The van der Waals surface area contributed by atoms with Gasteiger partial charge in [-0.15, -0.1) is 0 Å². The summed E-state index contributed by atoms with van der Waals surface area (Å²) in [6, 6.07) is 47.3. The number of furan rings is 1. The molecule has 0 saturated carbocycles. The smallest absolute Gasteiger partial charge is 0.143 e. The zero-order valence-corrected chi connectivity index (χ0v) is 23.2. The first-order chi connectivity index (χ1) is 20.6. The van der Waals surface area contributed by atoms with Crippen molar-refractivity contribution in [1.29, 1.82) is 5.41 Å². The van der Waals surface area contributed by atoms with Crippen molar-refractivity contribution in [3.8, 4) is 11.1 Å². The van der Waals surface area contributed by atoms with E-state index >= 15 is 0 Å². The Morgan fingerprint density at radius 1 is 0.619 bits per heavy atom. The van der Waals surface area contributed by atoms with Crippen LogP contribution in [-0.4, -0.2) is 11.4 Å². The molecule has 1 aromatic heterocycles. The molecule has 3 nitrogen and oxygen atoms in total. The highest BCUT2D eigenvalue weighted by Crippen LogP contribution is 2.36. The summed E-state index contributed by atoms with van der Waals surface area (Å²) in [5.74, 6) is 0. The normalized spacial score (nSPS) is 12.3. The van der Waals surface area contributed by atoms with E-state index < -0.39 is 0 Å². The van der Waals surface area contributed by atoms with Crippen molar-refractivity contribution in [1.82, 2.24) is 0 Å². The first-order valence-electron chi connectivity index (χ1n) is 14.1. The van der Waals surface area contributed by atoms with Crippen molar-refractivity contribution in [3.63, 3.8) is 0 Å². The van der Waals surface area contributed by atoms with Crippen molar-refractivity contribution >= 4 is 49.8 Å². The second-order valence-electron chi connectivity index (χ2n) is 10.4. The summed E-state index contributed by atoms with van der Waals surface area (Å²) in [5.41, 5.74) is 8.78. The molecule has 42 heavy (non-hydrogen) atoms. The molecule has 0 aliphatic heterocycles. The minimum atomic E-state index is 0.413. The van der Waals surface area contributed by atoms with Gasteiger partial charge in [-0.1, -0.05) is 127 Å². The third-order valence-electron chi connectivity index (χ3n) is 7.72. The number of allylic oxidation sites excluding steroid dienone is 1. The van der Waals surface area contributed by atoms with Gasteiger partial charge in [0.25, 0.3) is 0 Å². The molecular weight excluding hydrogens is 512 g/mol. The molecule has 1 N–H and O–H groups in total. The highest BCUT2D eigenvalue weighted by Gasteiger charge is 2.13. The van der Waals surface area contributed by atoms with Crippen LogP contribution in [0.15, 0.2) is 155 Å². The van der Waals surface area contributed by atoms with Crippen molar-refractivity contribution in [2.75, 3.05) is 0 Å². The number of nitrogens with one attached hydrogen (secondary N) is 1. The highest BCUT2D eigenvalue weighted by molar-refractivity contribution is 6.13. The summed E-state index contributed by atoms with van der Waals surface area (Å²) in [5, 5.41) is 13.5. The second kappa shape index (κ2) is 10.8. The molecule has 0 amide bonds. The summed E-state index contributed by atoms with van der Waals surface area (Å²) in [7, 11) is 0. The summed E-state index contributed by atoms with van der Waals surface area (Å²) >= 11 is 0. The molecule has 0 unspecified atom stereocenters. The molecule has 6 aromatic carbocycles. The van der Waals surface area contributed by atoms with E-state index in [1.54, 1.807) is 0 Å². The Kier molecular flexibility index (Phi) is 6.54.